The van der Waals surface area contributed by atoms with Crippen LogP contribution in [0.4, 0.5) is 45.2 Å². The first-order chi connectivity index (χ1) is 21.0. The van der Waals surface area contributed by atoms with E-state index in [0.29, 0.717) is 36.1 Å². The van der Waals surface area contributed by atoms with Gasteiger partial charge in [0.2, 0.25) is 5.91 Å². The van der Waals surface area contributed by atoms with Gasteiger partial charge in [-0.05, 0) is 66.6 Å². The number of phenolic OH excluding ortho intramolecular Hbond substituents is 1. The number of H-pyrrole nitrogens is 1. The van der Waals surface area contributed by atoms with E-state index in [-0.39, 0.29) is 25.0 Å². The number of nitrogens with one attached hydrogen (secondary N) is 2. The smallest absolute Gasteiger partial charge is 0.435 e. The number of hydrogen-bond acceptors (Lipinski definition) is 5. The van der Waals surface area contributed by atoms with Crippen molar-refractivity contribution in [3.8, 4) is 33.9 Å². The highest BCUT2D eigenvalue weighted by atomic mass is 19.4. The van der Waals surface area contributed by atoms with E-state index >= 15 is 0 Å². The van der Waals surface area contributed by atoms with E-state index in [1.54, 1.807) is 6.92 Å². The molecule has 0 spiro atoms. The molecule has 0 unspecified atom stereocenters. The molecule has 0 saturated heterocycles. The predicted octanol–water partition coefficient (Wildman–Crippen LogP) is 8.06. The second kappa shape index (κ2) is 12.7. The summed E-state index contributed by atoms with van der Waals surface area (Å²) in [5.41, 5.74) is -6.16. The summed E-state index contributed by atoms with van der Waals surface area (Å²) < 4.78 is 132. The second-order valence-electron chi connectivity index (χ2n) is 9.46. The Morgan fingerprint density at radius 1 is 0.867 bits per heavy atom. The van der Waals surface area contributed by atoms with Gasteiger partial charge in [-0.1, -0.05) is 12.1 Å². The fraction of sp³-hybridized carbons (Fsp3) is 0.241. The fourth-order valence-electron chi connectivity index (χ4n) is 4.13. The molecule has 3 aromatic carbocycles. The lowest BCUT2D eigenvalue weighted by Crippen LogP contribution is -2.18. The number of phenols is 1. The zero-order valence-electron chi connectivity index (χ0n) is 22.9. The molecule has 0 radical (unpaired) electrons. The minimum atomic E-state index is -5.23. The lowest BCUT2D eigenvalue weighted by molar-refractivity contribution is -0.143. The van der Waals surface area contributed by atoms with Gasteiger partial charge in [0.15, 0.2) is 5.69 Å². The van der Waals surface area contributed by atoms with Crippen molar-refractivity contribution in [3.05, 3.63) is 83.0 Å². The summed E-state index contributed by atoms with van der Waals surface area (Å²) in [4.78, 5) is 11.8. The van der Waals surface area contributed by atoms with Crippen LogP contribution in [-0.2, 0) is 34.7 Å². The highest BCUT2D eigenvalue weighted by molar-refractivity contribution is 5.91. The molecule has 240 valence electrons. The summed E-state index contributed by atoms with van der Waals surface area (Å²) in [6, 6.07) is 9.30. The summed E-state index contributed by atoms with van der Waals surface area (Å²) in [7, 11) is 0. The summed E-state index contributed by atoms with van der Waals surface area (Å²) in [6.45, 7) is 1.55. The number of aromatic hydroxyl groups is 1. The Balaban J connectivity index is 1.77. The van der Waals surface area contributed by atoms with Crippen LogP contribution in [0.25, 0.3) is 22.4 Å². The molecular weight excluding hydrogens is 625 g/mol. The molecule has 1 heterocycles. The molecule has 0 atom stereocenters. The highest BCUT2D eigenvalue weighted by Crippen LogP contribution is 2.47. The number of carbonyl (C=O) groups excluding carboxylic acids is 1. The van der Waals surface area contributed by atoms with Crippen molar-refractivity contribution < 1.29 is 58.9 Å². The third-order valence-electron chi connectivity index (χ3n) is 6.24. The summed E-state index contributed by atoms with van der Waals surface area (Å²) >= 11 is 0. The molecule has 4 rings (SSSR count). The van der Waals surface area contributed by atoms with Gasteiger partial charge in [0.1, 0.15) is 24.7 Å². The maximum atomic E-state index is 13.6. The lowest BCUT2D eigenvalue weighted by Gasteiger charge is -2.19. The standard InChI is InChI=1S/C29H22F9N3O4/c1-2-44-14-24(42)39-19-5-3-15(4-6-19)13-45-22-8-7-20(21-12-23(41-40-21)29(36,37)38)26(43)25(22)16-9-17(27(30,31)32)11-18(10-16)28(33,34)35/h3-12,43H,2,13-14H2,1H3,(H,39,42)(H,40,41). The molecule has 3 N–H and O–H groups in total. The van der Waals surface area contributed by atoms with Crippen molar-refractivity contribution in [1.29, 1.82) is 0 Å². The van der Waals surface area contributed by atoms with Crippen molar-refractivity contribution in [3.63, 3.8) is 0 Å². The Morgan fingerprint density at radius 2 is 1.49 bits per heavy atom. The van der Waals surface area contributed by atoms with E-state index in [1.165, 1.54) is 24.3 Å². The normalized spacial score (nSPS) is 12.3. The molecule has 7 nitrogen and oxygen atoms in total. The van der Waals surface area contributed by atoms with Crippen molar-refractivity contribution in [1.82, 2.24) is 10.2 Å². The number of anilines is 1. The van der Waals surface area contributed by atoms with Crippen LogP contribution in [0.15, 0.2) is 60.7 Å². The number of aromatic nitrogens is 2. The Hall–Kier alpha value is -4.73. The van der Waals surface area contributed by atoms with Gasteiger partial charge in [0.05, 0.1) is 22.4 Å². The number of aromatic amines is 1. The van der Waals surface area contributed by atoms with E-state index in [4.69, 9.17) is 9.47 Å². The molecule has 0 saturated carbocycles. The Morgan fingerprint density at radius 3 is 2.02 bits per heavy atom. The third kappa shape index (κ3) is 8.06. The fourth-order valence-corrected chi connectivity index (χ4v) is 4.13. The first kappa shape index (κ1) is 33.2. The van der Waals surface area contributed by atoms with Crippen LogP contribution in [0.1, 0.15) is 29.3 Å². The molecular formula is C29H22F9N3O4. The monoisotopic (exact) mass is 647 g/mol. The second-order valence-corrected chi connectivity index (χ2v) is 9.46. The maximum Gasteiger partial charge on any atom is 0.435 e. The number of alkyl halides is 9. The van der Waals surface area contributed by atoms with Crippen molar-refractivity contribution >= 4 is 11.6 Å². The number of hydrogen-bond donors (Lipinski definition) is 3. The topological polar surface area (TPSA) is 96.5 Å². The van der Waals surface area contributed by atoms with Gasteiger partial charge in [0.25, 0.3) is 0 Å². The van der Waals surface area contributed by atoms with Gasteiger partial charge in [0, 0.05) is 17.9 Å². The molecule has 45 heavy (non-hydrogen) atoms. The molecule has 4 aromatic rings. The van der Waals surface area contributed by atoms with E-state index < -0.39 is 69.4 Å². The minimum Gasteiger partial charge on any atom is -0.506 e. The summed E-state index contributed by atoms with van der Waals surface area (Å²) in [5.74, 6) is -1.77. The van der Waals surface area contributed by atoms with Crippen molar-refractivity contribution in [2.75, 3.05) is 18.5 Å². The van der Waals surface area contributed by atoms with Crippen LogP contribution >= 0.6 is 0 Å². The molecule has 1 amide bonds. The summed E-state index contributed by atoms with van der Waals surface area (Å²) in [5, 5.41) is 18.9. The molecule has 0 fully saturated rings. The van der Waals surface area contributed by atoms with Gasteiger partial charge in [-0.15, -0.1) is 0 Å². The van der Waals surface area contributed by atoms with Crippen LogP contribution < -0.4 is 10.1 Å². The molecule has 0 aliphatic heterocycles. The van der Waals surface area contributed by atoms with Gasteiger partial charge in [-0.2, -0.15) is 44.6 Å². The number of benzene rings is 3. The van der Waals surface area contributed by atoms with Crippen LogP contribution in [0.2, 0.25) is 0 Å². The van der Waals surface area contributed by atoms with E-state index in [2.05, 4.69) is 15.5 Å². The average molecular weight is 647 g/mol. The molecule has 0 aliphatic carbocycles. The Bertz CT molecular complexity index is 1630. The molecule has 0 aliphatic rings. The molecule has 0 bridgehead atoms. The largest absolute Gasteiger partial charge is 0.506 e. The third-order valence-corrected chi connectivity index (χ3v) is 6.24. The van der Waals surface area contributed by atoms with Crippen molar-refractivity contribution in [2.24, 2.45) is 0 Å². The van der Waals surface area contributed by atoms with Crippen LogP contribution in [0.3, 0.4) is 0 Å². The number of rotatable bonds is 9. The van der Waals surface area contributed by atoms with Gasteiger partial charge in [-0.3, -0.25) is 9.89 Å². The average Bonchev–Trinajstić information content (AvgIpc) is 3.45. The number of carbonyl (C=O) groups is 1. The quantitative estimate of drug-likeness (QED) is 0.160. The van der Waals surface area contributed by atoms with Crippen molar-refractivity contribution in [2.45, 2.75) is 32.1 Å². The first-order valence-corrected chi connectivity index (χ1v) is 12.9. The minimum absolute atomic E-state index is 0.107. The zero-order valence-corrected chi connectivity index (χ0v) is 22.9. The Kier molecular flexibility index (Phi) is 9.37. The van der Waals surface area contributed by atoms with Crippen LogP contribution in [0.5, 0.6) is 11.5 Å². The molecule has 16 heteroatoms. The van der Waals surface area contributed by atoms with Crippen LogP contribution in [-0.4, -0.2) is 34.4 Å². The summed E-state index contributed by atoms with van der Waals surface area (Å²) in [6.07, 6.45) is -15.3. The van der Waals surface area contributed by atoms with Gasteiger partial charge >= 0.3 is 18.5 Å². The van der Waals surface area contributed by atoms with E-state index in [0.717, 1.165) is 12.1 Å². The lowest BCUT2D eigenvalue weighted by atomic mass is 9.95. The SMILES string of the molecule is CCOCC(=O)Nc1ccc(COc2ccc(-c3cc(C(F)(F)F)n[nH]3)c(O)c2-c2cc(C(F)(F)F)cc(C(F)(F)F)c2)cc1. The maximum absolute atomic E-state index is 13.6. The van der Waals surface area contributed by atoms with Gasteiger partial charge < -0.3 is 19.9 Å². The first-order valence-electron chi connectivity index (χ1n) is 12.9. The predicted molar refractivity (Wildman–Crippen MR) is 142 cm³/mol. The van der Waals surface area contributed by atoms with Crippen LogP contribution in [0, 0.1) is 0 Å². The zero-order chi connectivity index (χ0) is 33.2. The number of halogens is 9. The Labute approximate surface area is 248 Å². The number of amides is 1. The van der Waals surface area contributed by atoms with E-state index in [9.17, 15) is 49.4 Å². The molecule has 1 aromatic heterocycles. The van der Waals surface area contributed by atoms with E-state index in [1.807, 2.05) is 0 Å². The highest BCUT2D eigenvalue weighted by Gasteiger charge is 2.38. The number of ether oxygens (including phenoxy) is 2. The number of nitrogens with zero attached hydrogens (tertiary/aromatic N) is 1. The van der Waals surface area contributed by atoms with Gasteiger partial charge in [-0.25, -0.2) is 0 Å².